The van der Waals surface area contributed by atoms with Crippen LogP contribution in [0.4, 0.5) is 13.2 Å². The Morgan fingerprint density at radius 1 is 1.12 bits per heavy atom. The molecule has 0 aromatic heterocycles. The predicted octanol–water partition coefficient (Wildman–Crippen LogP) is 6.24. The number of hydrogen-bond acceptors (Lipinski definition) is 1. The summed E-state index contributed by atoms with van der Waals surface area (Å²) in [5, 5.41) is 0. The minimum absolute atomic E-state index is 0.524. The number of benzene rings is 2. The summed E-state index contributed by atoms with van der Waals surface area (Å²) < 4.78 is 39.6. The summed E-state index contributed by atoms with van der Waals surface area (Å²) >= 11 is 0. The van der Waals surface area contributed by atoms with E-state index in [9.17, 15) is 13.2 Å². The molecule has 0 saturated carbocycles. The predicted molar refractivity (Wildman–Crippen MR) is 103 cm³/mol. The van der Waals surface area contributed by atoms with Crippen molar-refractivity contribution in [2.24, 2.45) is 5.73 Å². The molecule has 0 spiro atoms. The molecule has 0 bridgehead atoms. The van der Waals surface area contributed by atoms with Crippen molar-refractivity contribution in [2.45, 2.75) is 32.4 Å². The first kappa shape index (κ1) is 20.0. The molecule has 2 N–H and O–H groups in total. The minimum Gasteiger partial charge on any atom is -0.330 e. The van der Waals surface area contributed by atoms with Gasteiger partial charge in [-0.2, -0.15) is 13.2 Å². The lowest BCUT2D eigenvalue weighted by molar-refractivity contribution is -0.137. The van der Waals surface area contributed by atoms with Crippen LogP contribution in [0.25, 0.3) is 17.2 Å². The molecule has 0 radical (unpaired) electrons. The van der Waals surface area contributed by atoms with Crippen LogP contribution < -0.4 is 5.73 Å². The monoisotopic (exact) mass is 359 g/mol. The normalized spacial score (nSPS) is 12.3. The van der Waals surface area contributed by atoms with Crippen molar-refractivity contribution in [3.05, 3.63) is 77.4 Å². The van der Waals surface area contributed by atoms with E-state index in [4.69, 9.17) is 5.73 Å². The number of alkyl halides is 3. The van der Waals surface area contributed by atoms with Gasteiger partial charge in [0.05, 0.1) is 5.56 Å². The van der Waals surface area contributed by atoms with Gasteiger partial charge in [-0.1, -0.05) is 61.6 Å². The van der Waals surface area contributed by atoms with Crippen LogP contribution in [0, 0.1) is 0 Å². The van der Waals surface area contributed by atoms with Gasteiger partial charge in [0.25, 0.3) is 0 Å². The highest BCUT2D eigenvalue weighted by Crippen LogP contribution is 2.35. The van der Waals surface area contributed by atoms with Crippen molar-refractivity contribution < 1.29 is 13.2 Å². The second kappa shape index (κ2) is 8.86. The van der Waals surface area contributed by atoms with E-state index in [1.807, 2.05) is 31.2 Å². The van der Waals surface area contributed by atoms with E-state index in [-0.39, 0.29) is 0 Å². The van der Waals surface area contributed by atoms with E-state index in [0.717, 1.165) is 41.2 Å². The van der Waals surface area contributed by atoms with Crippen molar-refractivity contribution in [3.8, 4) is 11.1 Å². The molecule has 2 aromatic rings. The zero-order valence-electron chi connectivity index (χ0n) is 14.9. The molecule has 0 fully saturated rings. The van der Waals surface area contributed by atoms with Crippen LogP contribution in [-0.2, 0) is 12.6 Å². The van der Waals surface area contributed by atoms with Crippen molar-refractivity contribution in [1.29, 1.82) is 0 Å². The van der Waals surface area contributed by atoms with Gasteiger partial charge in [0.15, 0.2) is 0 Å². The summed E-state index contributed by atoms with van der Waals surface area (Å²) in [4.78, 5) is 0. The maximum absolute atomic E-state index is 13.2. The van der Waals surface area contributed by atoms with Crippen molar-refractivity contribution in [2.75, 3.05) is 6.54 Å². The first-order valence-corrected chi connectivity index (χ1v) is 8.70. The fourth-order valence-electron chi connectivity index (χ4n) is 2.96. The molecule has 0 atom stereocenters. The van der Waals surface area contributed by atoms with Crippen LogP contribution in [0.3, 0.4) is 0 Å². The lowest BCUT2D eigenvalue weighted by Gasteiger charge is -2.16. The second-order valence-corrected chi connectivity index (χ2v) is 6.18. The Balaban J connectivity index is 2.52. The van der Waals surface area contributed by atoms with Gasteiger partial charge in [-0.05, 0) is 60.2 Å². The average molecular weight is 359 g/mol. The van der Waals surface area contributed by atoms with Gasteiger partial charge in [0.2, 0.25) is 0 Å². The van der Waals surface area contributed by atoms with E-state index in [0.29, 0.717) is 18.5 Å². The van der Waals surface area contributed by atoms with E-state index in [2.05, 4.69) is 12.7 Å². The number of allylic oxidation sites excluding steroid dienone is 1. The molecule has 0 unspecified atom stereocenters. The molecule has 0 heterocycles. The highest BCUT2D eigenvalue weighted by atomic mass is 19.4. The van der Waals surface area contributed by atoms with Crippen LogP contribution in [0.15, 0.2) is 60.7 Å². The molecule has 0 amide bonds. The molecule has 4 heteroatoms. The van der Waals surface area contributed by atoms with Gasteiger partial charge in [0.1, 0.15) is 0 Å². The Labute approximate surface area is 153 Å². The molecular weight excluding hydrogens is 335 g/mol. The maximum atomic E-state index is 13.2. The van der Waals surface area contributed by atoms with Gasteiger partial charge in [-0.3, -0.25) is 0 Å². The Morgan fingerprint density at radius 3 is 2.35 bits per heavy atom. The SMILES string of the molecule is C=Cc1ccc(-c2cc(C(F)(F)F)ccc2C/C(=C/CC)CCN)cc1. The van der Waals surface area contributed by atoms with Crippen LogP contribution in [0.2, 0.25) is 0 Å². The maximum Gasteiger partial charge on any atom is 0.416 e. The number of nitrogens with two attached hydrogens (primary N) is 1. The summed E-state index contributed by atoms with van der Waals surface area (Å²) in [6, 6.07) is 11.4. The van der Waals surface area contributed by atoms with Crippen LogP contribution >= 0.6 is 0 Å². The molecule has 0 aliphatic rings. The molecule has 0 saturated heterocycles. The van der Waals surface area contributed by atoms with Gasteiger partial charge >= 0.3 is 6.18 Å². The van der Waals surface area contributed by atoms with Gasteiger partial charge < -0.3 is 5.73 Å². The van der Waals surface area contributed by atoms with Gasteiger partial charge in [-0.25, -0.2) is 0 Å². The third kappa shape index (κ3) is 5.09. The number of halogens is 3. The lowest BCUT2D eigenvalue weighted by atomic mass is 9.91. The summed E-state index contributed by atoms with van der Waals surface area (Å²) in [7, 11) is 0. The highest BCUT2D eigenvalue weighted by molar-refractivity contribution is 5.70. The van der Waals surface area contributed by atoms with Crippen molar-refractivity contribution in [1.82, 2.24) is 0 Å². The first-order chi connectivity index (χ1) is 12.4. The molecule has 2 rings (SSSR count). The van der Waals surface area contributed by atoms with E-state index < -0.39 is 11.7 Å². The minimum atomic E-state index is -4.37. The Hall–Kier alpha value is -2.33. The number of hydrogen-bond donors (Lipinski definition) is 1. The third-order valence-corrected chi connectivity index (χ3v) is 4.27. The van der Waals surface area contributed by atoms with E-state index in [1.165, 1.54) is 6.07 Å². The van der Waals surface area contributed by atoms with Gasteiger partial charge in [0, 0.05) is 0 Å². The summed E-state index contributed by atoms with van der Waals surface area (Å²) in [6.07, 6.45) is 1.66. The van der Waals surface area contributed by atoms with Gasteiger partial charge in [-0.15, -0.1) is 0 Å². The third-order valence-electron chi connectivity index (χ3n) is 4.27. The summed E-state index contributed by atoms with van der Waals surface area (Å²) in [6.45, 7) is 6.27. The lowest BCUT2D eigenvalue weighted by Crippen LogP contribution is -2.07. The molecule has 0 aliphatic carbocycles. The van der Waals surface area contributed by atoms with Crippen molar-refractivity contribution >= 4 is 6.08 Å². The first-order valence-electron chi connectivity index (χ1n) is 8.70. The Bertz CT molecular complexity index is 771. The van der Waals surface area contributed by atoms with Crippen LogP contribution in [0.1, 0.15) is 36.5 Å². The smallest absolute Gasteiger partial charge is 0.330 e. The quantitative estimate of drug-likeness (QED) is 0.582. The van der Waals surface area contributed by atoms with Crippen molar-refractivity contribution in [3.63, 3.8) is 0 Å². The van der Waals surface area contributed by atoms with E-state index in [1.54, 1.807) is 12.1 Å². The van der Waals surface area contributed by atoms with Crippen LogP contribution in [0.5, 0.6) is 0 Å². The molecular formula is C22H24F3N. The Morgan fingerprint density at radius 2 is 1.81 bits per heavy atom. The van der Waals surface area contributed by atoms with E-state index >= 15 is 0 Å². The zero-order chi connectivity index (χ0) is 19.2. The summed E-state index contributed by atoms with van der Waals surface area (Å²) in [5.41, 5.74) is 9.36. The van der Waals surface area contributed by atoms with Crippen LogP contribution in [-0.4, -0.2) is 6.54 Å². The average Bonchev–Trinajstić information content (AvgIpc) is 2.61. The second-order valence-electron chi connectivity index (χ2n) is 6.18. The fraction of sp³-hybridized carbons (Fsp3) is 0.273. The molecule has 2 aromatic carbocycles. The molecule has 26 heavy (non-hydrogen) atoms. The summed E-state index contributed by atoms with van der Waals surface area (Å²) in [5.74, 6) is 0. The zero-order valence-corrected chi connectivity index (χ0v) is 14.9. The standard InChI is InChI=1S/C22H24F3N/c1-3-5-17(12-13-26)14-19-10-11-20(22(23,24)25)15-21(19)18-8-6-16(4-2)7-9-18/h4-11,15H,2-3,12-14,26H2,1H3/b17-5+. The molecule has 1 nitrogen and oxygen atoms in total. The Kier molecular flexibility index (Phi) is 6.81. The fourth-order valence-corrected chi connectivity index (χ4v) is 2.96. The molecule has 138 valence electrons. The number of rotatable bonds is 7. The largest absolute Gasteiger partial charge is 0.416 e. The molecule has 0 aliphatic heterocycles. The topological polar surface area (TPSA) is 26.0 Å². The highest BCUT2D eigenvalue weighted by Gasteiger charge is 2.31.